The summed E-state index contributed by atoms with van der Waals surface area (Å²) in [6.45, 7) is 9.21. The molecule has 1 aromatic carbocycles. The van der Waals surface area contributed by atoms with Crippen LogP contribution in [0.1, 0.15) is 30.9 Å². The molecule has 1 aromatic rings. The van der Waals surface area contributed by atoms with E-state index in [9.17, 15) is 4.79 Å². The lowest BCUT2D eigenvalue weighted by Crippen LogP contribution is -2.48. The summed E-state index contributed by atoms with van der Waals surface area (Å²) in [5, 5.41) is 3.44. The molecule has 2 aliphatic heterocycles. The van der Waals surface area contributed by atoms with Crippen LogP contribution >= 0.6 is 24.0 Å². The summed E-state index contributed by atoms with van der Waals surface area (Å²) in [6, 6.07) is 8.75. The van der Waals surface area contributed by atoms with Crippen molar-refractivity contribution in [2.24, 2.45) is 10.9 Å². The molecule has 30 heavy (non-hydrogen) atoms. The summed E-state index contributed by atoms with van der Waals surface area (Å²) in [5.74, 6) is 0.682. The molecule has 2 aliphatic rings. The number of esters is 1. The van der Waals surface area contributed by atoms with Gasteiger partial charge in [-0.3, -0.25) is 14.7 Å². The first-order valence-electron chi connectivity index (χ1n) is 10.7. The Morgan fingerprint density at radius 2 is 1.90 bits per heavy atom. The monoisotopic (exact) mass is 530 g/mol. The summed E-state index contributed by atoms with van der Waals surface area (Å²) < 4.78 is 10.6. The first kappa shape index (κ1) is 24.9. The van der Waals surface area contributed by atoms with Crippen LogP contribution in [0.15, 0.2) is 29.3 Å². The van der Waals surface area contributed by atoms with Gasteiger partial charge in [0.2, 0.25) is 0 Å². The Bertz CT molecular complexity index is 677. The average Bonchev–Trinajstić information content (AvgIpc) is 2.76. The van der Waals surface area contributed by atoms with E-state index in [0.717, 1.165) is 58.2 Å². The van der Waals surface area contributed by atoms with Crippen molar-refractivity contribution in [3.63, 3.8) is 0 Å². The normalized spacial score (nSPS) is 20.4. The summed E-state index contributed by atoms with van der Waals surface area (Å²) in [4.78, 5) is 21.1. The van der Waals surface area contributed by atoms with Crippen molar-refractivity contribution in [1.82, 2.24) is 15.1 Å². The van der Waals surface area contributed by atoms with Crippen molar-refractivity contribution < 1.29 is 14.3 Å². The van der Waals surface area contributed by atoms with Gasteiger partial charge in [0, 0.05) is 46.3 Å². The standard InChI is InChI=1S/C22H34N4O3.HI/c1-3-29-21(27)20-5-4-10-26(17-20)22(23-2)24-15-18-6-8-19(9-7-18)16-25-11-13-28-14-12-25;/h6-9,20H,3-5,10-17H2,1-2H3,(H,23,24);1H. The van der Waals surface area contributed by atoms with Gasteiger partial charge in [-0.05, 0) is 30.9 Å². The third kappa shape index (κ3) is 7.39. The van der Waals surface area contributed by atoms with Crippen LogP contribution in [-0.4, -0.2) is 74.8 Å². The highest BCUT2D eigenvalue weighted by Crippen LogP contribution is 2.18. The molecule has 2 heterocycles. The van der Waals surface area contributed by atoms with Crippen LogP contribution in [0.2, 0.25) is 0 Å². The van der Waals surface area contributed by atoms with E-state index >= 15 is 0 Å². The van der Waals surface area contributed by atoms with Crippen LogP contribution in [0.25, 0.3) is 0 Å². The number of halogens is 1. The number of nitrogens with zero attached hydrogens (tertiary/aromatic N) is 3. The molecule has 0 spiro atoms. The number of hydrogen-bond acceptors (Lipinski definition) is 5. The van der Waals surface area contributed by atoms with E-state index in [-0.39, 0.29) is 35.9 Å². The Morgan fingerprint density at radius 3 is 2.57 bits per heavy atom. The second-order valence-corrected chi connectivity index (χ2v) is 7.64. The lowest BCUT2D eigenvalue weighted by Gasteiger charge is -2.34. The molecule has 1 unspecified atom stereocenters. The molecule has 2 saturated heterocycles. The Balaban J connectivity index is 0.00000320. The minimum atomic E-state index is -0.0940. The Kier molecular flexibility index (Phi) is 10.9. The van der Waals surface area contributed by atoms with Gasteiger partial charge in [-0.25, -0.2) is 0 Å². The number of benzene rings is 1. The zero-order chi connectivity index (χ0) is 20.5. The molecule has 0 bridgehead atoms. The largest absolute Gasteiger partial charge is 0.466 e. The maximum Gasteiger partial charge on any atom is 0.310 e. The van der Waals surface area contributed by atoms with E-state index in [4.69, 9.17) is 9.47 Å². The van der Waals surface area contributed by atoms with Crippen LogP contribution in [0, 0.1) is 5.92 Å². The van der Waals surface area contributed by atoms with Gasteiger partial charge in [-0.15, -0.1) is 24.0 Å². The third-order valence-corrected chi connectivity index (χ3v) is 5.54. The number of hydrogen-bond donors (Lipinski definition) is 1. The highest BCUT2D eigenvalue weighted by molar-refractivity contribution is 14.0. The molecule has 2 fully saturated rings. The molecule has 3 rings (SSSR count). The number of nitrogens with one attached hydrogen (secondary N) is 1. The molecule has 8 heteroatoms. The zero-order valence-electron chi connectivity index (χ0n) is 18.1. The van der Waals surface area contributed by atoms with Gasteiger partial charge in [0.1, 0.15) is 0 Å². The quantitative estimate of drug-likeness (QED) is 0.264. The molecule has 1 N–H and O–H groups in total. The second kappa shape index (κ2) is 13.1. The molecule has 0 amide bonds. The molecule has 1 atom stereocenters. The lowest BCUT2D eigenvalue weighted by molar-refractivity contribution is -0.149. The summed E-state index contributed by atoms with van der Waals surface area (Å²) >= 11 is 0. The molecule has 0 saturated carbocycles. The van der Waals surface area contributed by atoms with Gasteiger partial charge in [-0.2, -0.15) is 0 Å². The highest BCUT2D eigenvalue weighted by Gasteiger charge is 2.28. The van der Waals surface area contributed by atoms with Gasteiger partial charge >= 0.3 is 5.97 Å². The van der Waals surface area contributed by atoms with Crippen molar-refractivity contribution >= 4 is 35.9 Å². The molecule has 0 aliphatic carbocycles. The number of likely N-dealkylation sites (tertiary alicyclic amines) is 1. The fourth-order valence-electron chi connectivity index (χ4n) is 3.92. The first-order chi connectivity index (χ1) is 14.2. The van der Waals surface area contributed by atoms with Gasteiger partial charge < -0.3 is 19.7 Å². The van der Waals surface area contributed by atoms with E-state index in [1.54, 1.807) is 7.05 Å². The third-order valence-electron chi connectivity index (χ3n) is 5.54. The topological polar surface area (TPSA) is 66.4 Å². The van der Waals surface area contributed by atoms with Crippen molar-refractivity contribution in [3.05, 3.63) is 35.4 Å². The molecule has 0 aromatic heterocycles. The second-order valence-electron chi connectivity index (χ2n) is 7.64. The van der Waals surface area contributed by atoms with Crippen LogP contribution in [0.5, 0.6) is 0 Å². The Hall–Kier alpha value is -1.39. The number of ether oxygens (including phenoxy) is 2. The number of rotatable bonds is 6. The minimum Gasteiger partial charge on any atom is -0.466 e. The smallest absolute Gasteiger partial charge is 0.310 e. The van der Waals surface area contributed by atoms with Crippen LogP contribution in [0.3, 0.4) is 0 Å². The van der Waals surface area contributed by atoms with Crippen molar-refractivity contribution in [3.8, 4) is 0 Å². The predicted molar refractivity (Wildman–Crippen MR) is 129 cm³/mol. The molecular formula is C22H35IN4O3. The lowest BCUT2D eigenvalue weighted by atomic mass is 9.98. The maximum atomic E-state index is 12.1. The van der Waals surface area contributed by atoms with Gasteiger partial charge in [0.15, 0.2) is 5.96 Å². The van der Waals surface area contributed by atoms with E-state index < -0.39 is 0 Å². The average molecular weight is 530 g/mol. The number of morpholine rings is 1. The van der Waals surface area contributed by atoms with Crippen molar-refractivity contribution in [2.75, 3.05) is 53.0 Å². The summed E-state index contributed by atoms with van der Waals surface area (Å²) in [7, 11) is 1.79. The van der Waals surface area contributed by atoms with Gasteiger partial charge in [0.05, 0.1) is 25.7 Å². The zero-order valence-corrected chi connectivity index (χ0v) is 20.5. The van der Waals surface area contributed by atoms with Gasteiger partial charge in [0.25, 0.3) is 0 Å². The van der Waals surface area contributed by atoms with Crippen LogP contribution in [-0.2, 0) is 27.4 Å². The minimum absolute atomic E-state index is 0. The van der Waals surface area contributed by atoms with E-state index in [2.05, 4.69) is 44.4 Å². The first-order valence-corrected chi connectivity index (χ1v) is 10.7. The molecule has 0 radical (unpaired) electrons. The predicted octanol–water partition coefficient (Wildman–Crippen LogP) is 2.49. The Labute approximate surface area is 197 Å². The number of carbonyl (C=O) groups excluding carboxylic acids is 1. The van der Waals surface area contributed by atoms with E-state index in [0.29, 0.717) is 19.7 Å². The fourth-order valence-corrected chi connectivity index (χ4v) is 3.92. The summed E-state index contributed by atoms with van der Waals surface area (Å²) in [5.41, 5.74) is 2.55. The van der Waals surface area contributed by atoms with Crippen molar-refractivity contribution in [1.29, 1.82) is 0 Å². The Morgan fingerprint density at radius 1 is 1.20 bits per heavy atom. The summed E-state index contributed by atoms with van der Waals surface area (Å²) in [6.07, 6.45) is 1.86. The molecular weight excluding hydrogens is 495 g/mol. The van der Waals surface area contributed by atoms with E-state index in [1.807, 2.05) is 6.92 Å². The highest BCUT2D eigenvalue weighted by atomic mass is 127. The van der Waals surface area contributed by atoms with Crippen LogP contribution in [0.4, 0.5) is 0 Å². The number of guanidine groups is 1. The fraction of sp³-hybridized carbons (Fsp3) is 0.636. The van der Waals surface area contributed by atoms with E-state index in [1.165, 1.54) is 11.1 Å². The van der Waals surface area contributed by atoms with Crippen LogP contribution < -0.4 is 5.32 Å². The number of aliphatic imine (C=N–C) groups is 1. The molecule has 7 nitrogen and oxygen atoms in total. The number of piperidine rings is 1. The van der Waals surface area contributed by atoms with Gasteiger partial charge in [-0.1, -0.05) is 24.3 Å². The maximum absolute atomic E-state index is 12.1. The van der Waals surface area contributed by atoms with Crippen molar-refractivity contribution in [2.45, 2.75) is 32.9 Å². The SMILES string of the molecule is CCOC(=O)C1CCCN(C(=NC)NCc2ccc(CN3CCOCC3)cc2)C1.I. The molecule has 168 valence electrons. The number of carbonyl (C=O) groups is 1.